The molecule has 8 nitrogen and oxygen atoms in total. The van der Waals surface area contributed by atoms with E-state index >= 15 is 0 Å². The molecule has 0 spiro atoms. The lowest BCUT2D eigenvalue weighted by Crippen LogP contribution is -2.46. The summed E-state index contributed by atoms with van der Waals surface area (Å²) < 4.78 is 11.2. The van der Waals surface area contributed by atoms with Crippen LogP contribution in [0, 0.1) is 0 Å². The third-order valence-electron chi connectivity index (χ3n) is 5.15. The number of ether oxygens (including phenoxy) is 1. The van der Waals surface area contributed by atoms with Crippen LogP contribution in [0.4, 0.5) is 0 Å². The van der Waals surface area contributed by atoms with Crippen molar-refractivity contribution in [2.45, 2.75) is 18.4 Å². The topological polar surface area (TPSA) is 102 Å². The van der Waals surface area contributed by atoms with Gasteiger partial charge in [-0.25, -0.2) is 0 Å². The lowest BCUT2D eigenvalue weighted by molar-refractivity contribution is -0.0779. The van der Waals surface area contributed by atoms with E-state index in [0.717, 1.165) is 0 Å². The average molecular weight is 415 g/mol. The Kier molecular flexibility index (Phi) is 5.21. The number of methoxy groups -OCH3 is 1. The Morgan fingerprint density at radius 1 is 1.28 bits per heavy atom. The van der Waals surface area contributed by atoms with E-state index in [1.54, 1.807) is 24.3 Å². The van der Waals surface area contributed by atoms with Gasteiger partial charge in [0.2, 0.25) is 5.82 Å². The van der Waals surface area contributed by atoms with Gasteiger partial charge in [0.15, 0.2) is 0 Å². The monoisotopic (exact) mass is 414 g/mol. The van der Waals surface area contributed by atoms with Gasteiger partial charge in [-0.15, -0.1) is 0 Å². The molecule has 0 unspecified atom stereocenters. The number of amides is 1. The van der Waals surface area contributed by atoms with Gasteiger partial charge in [0.25, 0.3) is 11.8 Å². The van der Waals surface area contributed by atoms with Crippen LogP contribution in [0.25, 0.3) is 11.5 Å². The van der Waals surface area contributed by atoms with Crippen LogP contribution in [0.1, 0.15) is 29.1 Å². The highest BCUT2D eigenvalue weighted by Gasteiger charge is 2.43. The minimum Gasteiger partial charge on any atom is -0.507 e. The first kappa shape index (κ1) is 19.4. The van der Waals surface area contributed by atoms with E-state index in [1.165, 1.54) is 18.2 Å². The summed E-state index contributed by atoms with van der Waals surface area (Å²) in [5.41, 5.74) is 0.00291. The van der Waals surface area contributed by atoms with Gasteiger partial charge in [-0.3, -0.25) is 9.78 Å². The van der Waals surface area contributed by atoms with Gasteiger partial charge in [0.1, 0.15) is 17.0 Å². The van der Waals surface area contributed by atoms with Crippen molar-refractivity contribution in [1.29, 1.82) is 0 Å². The number of carbonyl (C=O) groups excluding carboxylic acids is 1. The number of piperidine rings is 1. The van der Waals surface area contributed by atoms with Crippen LogP contribution in [0.15, 0.2) is 47.1 Å². The molecule has 1 saturated heterocycles. The predicted octanol–water partition coefficient (Wildman–Crippen LogP) is 3.27. The number of aromatic hydroxyl groups is 1. The lowest BCUT2D eigenvalue weighted by atomic mass is 9.90. The standard InChI is InChI=1S/C20H19ClN4O4/c1-28-20(19-23-17(24-29-19)15-4-2-3-9-22-15)7-10-25(11-8-20)18(27)14-12-13(21)5-6-16(14)26/h2-6,9,12,26H,7-8,10-11H2,1H3. The predicted molar refractivity (Wildman–Crippen MR) is 104 cm³/mol. The smallest absolute Gasteiger partial charge is 0.259 e. The summed E-state index contributed by atoms with van der Waals surface area (Å²) in [6.07, 6.45) is 2.60. The quantitative estimate of drug-likeness (QED) is 0.698. The highest BCUT2D eigenvalue weighted by Crippen LogP contribution is 2.37. The Balaban J connectivity index is 1.52. The highest BCUT2D eigenvalue weighted by molar-refractivity contribution is 6.31. The van der Waals surface area contributed by atoms with Crippen LogP contribution >= 0.6 is 11.6 Å². The van der Waals surface area contributed by atoms with Gasteiger partial charge in [0, 0.05) is 44.3 Å². The van der Waals surface area contributed by atoms with Crippen LogP contribution in [0.3, 0.4) is 0 Å². The maximum atomic E-state index is 12.8. The zero-order chi connectivity index (χ0) is 20.4. The molecule has 1 N–H and O–H groups in total. The molecule has 0 radical (unpaired) electrons. The molecule has 0 atom stereocenters. The van der Waals surface area contributed by atoms with Gasteiger partial charge >= 0.3 is 0 Å². The molecule has 150 valence electrons. The van der Waals surface area contributed by atoms with Crippen LogP contribution in [-0.2, 0) is 10.3 Å². The Morgan fingerprint density at radius 3 is 2.76 bits per heavy atom. The molecule has 2 aromatic heterocycles. The summed E-state index contributed by atoms with van der Waals surface area (Å²) in [7, 11) is 1.59. The molecule has 4 rings (SSSR count). The van der Waals surface area contributed by atoms with E-state index in [4.69, 9.17) is 20.9 Å². The first-order valence-corrected chi connectivity index (χ1v) is 9.49. The van der Waals surface area contributed by atoms with Crippen molar-refractivity contribution in [3.8, 4) is 17.3 Å². The van der Waals surface area contributed by atoms with E-state index in [-0.39, 0.29) is 17.2 Å². The van der Waals surface area contributed by atoms with E-state index in [2.05, 4.69) is 15.1 Å². The summed E-state index contributed by atoms with van der Waals surface area (Å²) in [4.78, 5) is 23.2. The molecular formula is C20H19ClN4O4. The Labute approximate surface area is 172 Å². The zero-order valence-electron chi connectivity index (χ0n) is 15.7. The largest absolute Gasteiger partial charge is 0.507 e. The molecule has 0 aliphatic carbocycles. The summed E-state index contributed by atoms with van der Waals surface area (Å²) >= 11 is 5.97. The Bertz CT molecular complexity index is 1020. The number of likely N-dealkylation sites (tertiary alicyclic amines) is 1. The van der Waals surface area contributed by atoms with E-state index < -0.39 is 5.60 Å². The zero-order valence-corrected chi connectivity index (χ0v) is 16.5. The second-order valence-electron chi connectivity index (χ2n) is 6.79. The van der Waals surface area contributed by atoms with Crippen LogP contribution in [0.5, 0.6) is 5.75 Å². The molecule has 0 saturated carbocycles. The molecule has 0 bridgehead atoms. The summed E-state index contributed by atoms with van der Waals surface area (Å²) in [6.45, 7) is 0.805. The number of pyridine rings is 1. The van der Waals surface area contributed by atoms with E-state index in [0.29, 0.717) is 48.4 Å². The number of aromatic nitrogens is 3. The SMILES string of the molecule is COC1(c2nc(-c3ccccn3)no2)CCN(C(=O)c2cc(Cl)ccc2O)CC1. The van der Waals surface area contributed by atoms with Crippen molar-refractivity contribution in [2.75, 3.05) is 20.2 Å². The van der Waals surface area contributed by atoms with Gasteiger partial charge in [-0.05, 0) is 30.3 Å². The second-order valence-corrected chi connectivity index (χ2v) is 7.23. The summed E-state index contributed by atoms with van der Waals surface area (Å²) in [5, 5.41) is 14.4. The van der Waals surface area contributed by atoms with Crippen LogP contribution in [-0.4, -0.2) is 51.2 Å². The fraction of sp³-hybridized carbons (Fsp3) is 0.300. The number of halogens is 1. The first-order valence-electron chi connectivity index (χ1n) is 9.11. The van der Waals surface area contributed by atoms with Crippen LogP contribution in [0.2, 0.25) is 5.02 Å². The lowest BCUT2D eigenvalue weighted by Gasteiger charge is -2.38. The van der Waals surface area contributed by atoms with Crippen molar-refractivity contribution in [1.82, 2.24) is 20.0 Å². The van der Waals surface area contributed by atoms with Crippen LogP contribution < -0.4 is 0 Å². The number of rotatable bonds is 4. The van der Waals surface area contributed by atoms with Gasteiger partial charge < -0.3 is 19.3 Å². The molecule has 3 aromatic rings. The third kappa shape index (κ3) is 3.68. The van der Waals surface area contributed by atoms with Crippen molar-refractivity contribution >= 4 is 17.5 Å². The second kappa shape index (κ2) is 7.81. The van der Waals surface area contributed by atoms with Crippen molar-refractivity contribution in [2.24, 2.45) is 0 Å². The minimum atomic E-state index is -0.785. The van der Waals surface area contributed by atoms with E-state index in [9.17, 15) is 9.90 Å². The molecule has 1 aromatic carbocycles. The van der Waals surface area contributed by atoms with Crippen molar-refractivity contribution in [3.05, 3.63) is 59.1 Å². The fourth-order valence-electron chi connectivity index (χ4n) is 3.43. The Hall–Kier alpha value is -2.97. The summed E-state index contributed by atoms with van der Waals surface area (Å²) in [5.74, 6) is 0.368. The summed E-state index contributed by atoms with van der Waals surface area (Å²) in [6, 6.07) is 9.87. The number of phenolic OH excluding ortho intramolecular Hbond substituents is 1. The highest BCUT2D eigenvalue weighted by atomic mass is 35.5. The van der Waals surface area contributed by atoms with E-state index in [1.807, 2.05) is 12.1 Å². The van der Waals surface area contributed by atoms with Crippen molar-refractivity contribution in [3.63, 3.8) is 0 Å². The minimum absolute atomic E-state index is 0.0973. The number of phenols is 1. The molecule has 1 aliphatic rings. The molecular weight excluding hydrogens is 396 g/mol. The Morgan fingerprint density at radius 2 is 2.07 bits per heavy atom. The molecule has 29 heavy (non-hydrogen) atoms. The number of carbonyl (C=O) groups is 1. The molecule has 1 aliphatic heterocycles. The maximum absolute atomic E-state index is 12.8. The average Bonchev–Trinajstić information content (AvgIpc) is 3.27. The normalized spacial score (nSPS) is 16.0. The van der Waals surface area contributed by atoms with Gasteiger partial charge in [-0.2, -0.15) is 4.98 Å². The molecule has 1 amide bonds. The number of benzene rings is 1. The van der Waals surface area contributed by atoms with Gasteiger partial charge in [-0.1, -0.05) is 22.8 Å². The molecule has 3 heterocycles. The first-order chi connectivity index (χ1) is 14.0. The molecule has 1 fully saturated rings. The molecule has 9 heteroatoms. The third-order valence-corrected chi connectivity index (χ3v) is 5.38. The number of hydrogen-bond acceptors (Lipinski definition) is 7. The maximum Gasteiger partial charge on any atom is 0.259 e. The number of hydrogen-bond donors (Lipinski definition) is 1. The van der Waals surface area contributed by atoms with Gasteiger partial charge in [0.05, 0.1) is 5.56 Å². The fourth-order valence-corrected chi connectivity index (χ4v) is 3.61. The number of nitrogens with zero attached hydrogens (tertiary/aromatic N) is 4. The van der Waals surface area contributed by atoms with Crippen molar-refractivity contribution < 1.29 is 19.2 Å².